The number of amides is 2. The summed E-state index contributed by atoms with van der Waals surface area (Å²) in [5, 5.41) is 3.64. The molecule has 0 bridgehead atoms. The molecule has 1 atom stereocenters. The van der Waals surface area contributed by atoms with E-state index in [9.17, 15) is 27.6 Å². The fourth-order valence-electron chi connectivity index (χ4n) is 3.20. The standard InChI is InChI=1S/C20H21NO4.CHF3O3S/c1-3-5-7-12(4-2)20(24)25-14-10-13-8-6-9-15-17(13)16(11-14)19(23)21-18(15)22;2-1(3,4)8(5,6)7/h6,8-12H,3-5,7H2,1-2H3,(H,21,22,23);(H,5,6,7). The van der Waals surface area contributed by atoms with E-state index < -0.39 is 27.4 Å². The van der Waals surface area contributed by atoms with Crippen LogP contribution >= 0.6 is 0 Å². The van der Waals surface area contributed by atoms with Crippen LogP contribution in [0.4, 0.5) is 13.2 Å². The normalized spacial score (nSPS) is 14.2. The van der Waals surface area contributed by atoms with Crippen molar-refractivity contribution in [2.75, 3.05) is 0 Å². The molecule has 1 unspecified atom stereocenters. The van der Waals surface area contributed by atoms with Gasteiger partial charge in [0.2, 0.25) is 0 Å². The van der Waals surface area contributed by atoms with E-state index in [1.165, 1.54) is 6.07 Å². The van der Waals surface area contributed by atoms with E-state index in [1.54, 1.807) is 24.3 Å². The highest BCUT2D eigenvalue weighted by atomic mass is 32.2. The summed E-state index contributed by atoms with van der Waals surface area (Å²) in [5.41, 5.74) is -4.72. The van der Waals surface area contributed by atoms with Gasteiger partial charge in [0, 0.05) is 10.9 Å². The van der Waals surface area contributed by atoms with Gasteiger partial charge in [-0.3, -0.25) is 24.3 Å². The summed E-state index contributed by atoms with van der Waals surface area (Å²) >= 11 is 0. The fourth-order valence-corrected chi connectivity index (χ4v) is 3.20. The molecule has 2 aromatic rings. The van der Waals surface area contributed by atoms with Gasteiger partial charge in [-0.2, -0.15) is 21.6 Å². The summed E-state index contributed by atoms with van der Waals surface area (Å²) in [4.78, 5) is 36.6. The molecule has 0 saturated heterocycles. The zero-order chi connectivity index (χ0) is 25.0. The Morgan fingerprint density at radius 3 is 2.27 bits per heavy atom. The maximum atomic E-state index is 12.4. The number of alkyl halides is 3. The molecule has 0 aromatic heterocycles. The highest BCUT2D eigenvalue weighted by molar-refractivity contribution is 7.86. The molecule has 2 N–H and O–H groups in total. The van der Waals surface area contributed by atoms with E-state index in [0.29, 0.717) is 27.6 Å². The van der Waals surface area contributed by atoms with Crippen molar-refractivity contribution in [1.29, 1.82) is 0 Å². The van der Waals surface area contributed by atoms with Gasteiger partial charge < -0.3 is 4.74 Å². The van der Waals surface area contributed by atoms with Crippen LogP contribution in [0, 0.1) is 5.92 Å². The summed E-state index contributed by atoms with van der Waals surface area (Å²) in [6.07, 6.45) is 3.52. The summed E-state index contributed by atoms with van der Waals surface area (Å²) in [6.45, 7) is 4.06. The van der Waals surface area contributed by atoms with Crippen LogP contribution in [0.3, 0.4) is 0 Å². The second-order valence-corrected chi connectivity index (χ2v) is 8.66. The zero-order valence-corrected chi connectivity index (χ0v) is 18.5. The third kappa shape index (κ3) is 6.29. The molecule has 180 valence electrons. The SMILES string of the molecule is CCCCC(CC)C(=O)Oc1cc2c3c(cccc3c1)C(=O)NC2=O.O=S(=O)(O)C(F)(F)F. The Morgan fingerprint density at radius 1 is 1.12 bits per heavy atom. The minimum atomic E-state index is -5.84. The number of unbranched alkanes of at least 4 members (excludes halogenated alkanes) is 1. The molecule has 1 aliphatic rings. The van der Waals surface area contributed by atoms with Crippen molar-refractivity contribution in [2.45, 2.75) is 45.0 Å². The second-order valence-electron chi connectivity index (χ2n) is 7.25. The minimum absolute atomic E-state index is 0.145. The molecule has 0 saturated carbocycles. The molecule has 2 aromatic carbocycles. The van der Waals surface area contributed by atoms with Crippen LogP contribution in [-0.4, -0.2) is 36.3 Å². The first-order valence-electron chi connectivity index (χ1n) is 9.98. The third-order valence-electron chi connectivity index (χ3n) is 4.91. The Balaban J connectivity index is 0.000000414. The number of ether oxygens (including phenoxy) is 1. The van der Waals surface area contributed by atoms with Crippen molar-refractivity contribution >= 4 is 38.7 Å². The molecule has 1 aliphatic heterocycles. The molecule has 2 amide bonds. The van der Waals surface area contributed by atoms with Gasteiger partial charge in [-0.15, -0.1) is 0 Å². The molecular formula is C21H22F3NO7S. The molecule has 0 aliphatic carbocycles. The van der Waals surface area contributed by atoms with Crippen molar-refractivity contribution in [3.05, 3.63) is 41.5 Å². The Kier molecular flexibility index (Phi) is 8.20. The Morgan fingerprint density at radius 2 is 1.73 bits per heavy atom. The number of carbonyl (C=O) groups is 3. The number of hydrogen-bond acceptors (Lipinski definition) is 6. The molecule has 0 fully saturated rings. The molecule has 0 spiro atoms. The van der Waals surface area contributed by atoms with E-state index in [0.717, 1.165) is 25.7 Å². The number of rotatable bonds is 6. The van der Waals surface area contributed by atoms with E-state index in [-0.39, 0.29) is 11.9 Å². The lowest BCUT2D eigenvalue weighted by Gasteiger charge is -2.18. The summed E-state index contributed by atoms with van der Waals surface area (Å²) < 4.78 is 63.1. The van der Waals surface area contributed by atoms with Gasteiger partial charge in [-0.05, 0) is 36.4 Å². The highest BCUT2D eigenvalue weighted by Crippen LogP contribution is 2.31. The highest BCUT2D eigenvalue weighted by Gasteiger charge is 2.44. The lowest BCUT2D eigenvalue weighted by molar-refractivity contribution is -0.139. The van der Waals surface area contributed by atoms with Gasteiger partial charge in [0.15, 0.2) is 0 Å². The average molecular weight is 489 g/mol. The molecule has 12 heteroatoms. The fraction of sp³-hybridized carbons (Fsp3) is 0.381. The quantitative estimate of drug-likeness (QED) is 0.204. The number of halogens is 3. The number of nitrogens with one attached hydrogen (secondary N) is 1. The van der Waals surface area contributed by atoms with Crippen molar-refractivity contribution in [1.82, 2.24) is 5.32 Å². The number of benzene rings is 2. The van der Waals surface area contributed by atoms with Gasteiger partial charge >= 0.3 is 21.6 Å². The summed E-state index contributed by atoms with van der Waals surface area (Å²) in [6, 6.07) is 8.48. The largest absolute Gasteiger partial charge is 0.522 e. The van der Waals surface area contributed by atoms with Crippen LogP contribution in [-0.2, 0) is 14.9 Å². The van der Waals surface area contributed by atoms with E-state index in [2.05, 4.69) is 12.2 Å². The summed E-state index contributed by atoms with van der Waals surface area (Å²) in [5.74, 6) is -0.952. The topological polar surface area (TPSA) is 127 Å². The zero-order valence-electron chi connectivity index (χ0n) is 17.7. The number of carbonyl (C=O) groups excluding carboxylic acids is 3. The van der Waals surface area contributed by atoms with Crippen molar-refractivity contribution < 1.29 is 45.3 Å². The van der Waals surface area contributed by atoms with Gasteiger partial charge in [-0.25, -0.2) is 0 Å². The molecule has 3 rings (SSSR count). The van der Waals surface area contributed by atoms with Gasteiger partial charge in [0.25, 0.3) is 11.8 Å². The lowest BCUT2D eigenvalue weighted by Crippen LogP contribution is -2.34. The molecule has 33 heavy (non-hydrogen) atoms. The van der Waals surface area contributed by atoms with Crippen LogP contribution < -0.4 is 10.1 Å². The van der Waals surface area contributed by atoms with E-state index >= 15 is 0 Å². The van der Waals surface area contributed by atoms with Crippen LogP contribution in [0.15, 0.2) is 30.3 Å². The number of esters is 1. The Bertz CT molecular complexity index is 1180. The molecule has 0 radical (unpaired) electrons. The number of hydrogen-bond donors (Lipinski definition) is 2. The maximum absolute atomic E-state index is 12.4. The van der Waals surface area contributed by atoms with Gasteiger partial charge in [-0.1, -0.05) is 38.8 Å². The summed E-state index contributed by atoms with van der Waals surface area (Å²) in [7, 11) is -5.84. The van der Waals surface area contributed by atoms with Crippen LogP contribution in [0.5, 0.6) is 5.75 Å². The molecule has 1 heterocycles. The predicted octanol–water partition coefficient (Wildman–Crippen LogP) is 4.24. The minimum Gasteiger partial charge on any atom is -0.426 e. The van der Waals surface area contributed by atoms with Gasteiger partial charge in [0.1, 0.15) is 5.75 Å². The van der Waals surface area contributed by atoms with Crippen molar-refractivity contribution in [3.8, 4) is 5.75 Å². The van der Waals surface area contributed by atoms with Crippen LogP contribution in [0.1, 0.15) is 60.2 Å². The monoisotopic (exact) mass is 489 g/mol. The maximum Gasteiger partial charge on any atom is 0.522 e. The first kappa shape index (κ1) is 26.3. The van der Waals surface area contributed by atoms with Crippen molar-refractivity contribution in [3.63, 3.8) is 0 Å². The smallest absolute Gasteiger partial charge is 0.426 e. The van der Waals surface area contributed by atoms with Gasteiger partial charge in [0.05, 0.1) is 11.5 Å². The first-order chi connectivity index (χ1) is 15.3. The predicted molar refractivity (Wildman–Crippen MR) is 112 cm³/mol. The molecular weight excluding hydrogens is 467 g/mol. The molecule has 8 nitrogen and oxygen atoms in total. The third-order valence-corrected chi connectivity index (χ3v) is 5.49. The Labute approximate surface area is 187 Å². The Hall–Kier alpha value is -2.99. The first-order valence-corrected chi connectivity index (χ1v) is 11.4. The second kappa shape index (κ2) is 10.3. The number of imide groups is 1. The van der Waals surface area contributed by atoms with E-state index in [4.69, 9.17) is 17.7 Å². The average Bonchev–Trinajstić information content (AvgIpc) is 2.71. The van der Waals surface area contributed by atoms with Crippen LogP contribution in [0.2, 0.25) is 0 Å². The van der Waals surface area contributed by atoms with Crippen LogP contribution in [0.25, 0.3) is 10.8 Å². The lowest BCUT2D eigenvalue weighted by atomic mass is 9.95. The van der Waals surface area contributed by atoms with E-state index in [1.807, 2.05) is 6.92 Å². The van der Waals surface area contributed by atoms with Crippen molar-refractivity contribution in [2.24, 2.45) is 5.92 Å².